The fourth-order valence-electron chi connectivity index (χ4n) is 3.30. The van der Waals surface area contributed by atoms with Crippen LogP contribution in [-0.4, -0.2) is 81.8 Å². The Kier molecular flexibility index (Phi) is 6.70. The summed E-state index contributed by atoms with van der Waals surface area (Å²) >= 11 is 0. The van der Waals surface area contributed by atoms with E-state index in [1.807, 2.05) is 30.3 Å². The van der Waals surface area contributed by atoms with Gasteiger partial charge in [0.15, 0.2) is 0 Å². The van der Waals surface area contributed by atoms with Crippen molar-refractivity contribution in [2.75, 3.05) is 20.2 Å². The fraction of sp³-hybridized carbons (Fsp3) is 0.588. The first-order valence-corrected chi connectivity index (χ1v) is 8.17. The summed E-state index contributed by atoms with van der Waals surface area (Å²) in [5.74, 6) is -0.452. The van der Waals surface area contributed by atoms with Gasteiger partial charge in [0, 0.05) is 7.05 Å². The summed E-state index contributed by atoms with van der Waals surface area (Å²) in [6.45, 7) is -0.0111. The van der Waals surface area contributed by atoms with Crippen molar-refractivity contribution in [1.82, 2.24) is 10.2 Å². The molecule has 5 unspecified atom stereocenters. The van der Waals surface area contributed by atoms with Crippen LogP contribution in [0.4, 0.5) is 0 Å². The Morgan fingerprint density at radius 2 is 1.79 bits per heavy atom. The number of piperidine rings is 1. The van der Waals surface area contributed by atoms with Crippen LogP contribution < -0.4 is 5.32 Å². The summed E-state index contributed by atoms with van der Waals surface area (Å²) in [5, 5.41) is 42.4. The van der Waals surface area contributed by atoms with Crippen LogP contribution >= 0.6 is 0 Å². The average molecular weight is 338 g/mol. The summed E-state index contributed by atoms with van der Waals surface area (Å²) in [5.41, 5.74) is 1.15. The maximum atomic E-state index is 12.1. The number of hydrogen-bond acceptors (Lipinski definition) is 6. The van der Waals surface area contributed by atoms with E-state index in [1.54, 1.807) is 4.90 Å². The number of aliphatic hydroxyl groups excluding tert-OH is 4. The molecule has 0 aromatic heterocycles. The summed E-state index contributed by atoms with van der Waals surface area (Å²) < 4.78 is 0. The van der Waals surface area contributed by atoms with E-state index in [0.717, 1.165) is 12.0 Å². The van der Waals surface area contributed by atoms with Crippen molar-refractivity contribution in [1.29, 1.82) is 0 Å². The highest BCUT2D eigenvalue weighted by Crippen LogP contribution is 2.25. The van der Waals surface area contributed by atoms with E-state index >= 15 is 0 Å². The number of amides is 1. The van der Waals surface area contributed by atoms with Gasteiger partial charge in [0.05, 0.1) is 12.6 Å². The second kappa shape index (κ2) is 8.55. The highest BCUT2D eigenvalue weighted by atomic mass is 16.4. The maximum absolute atomic E-state index is 12.1. The van der Waals surface area contributed by atoms with Gasteiger partial charge in [-0.1, -0.05) is 30.3 Å². The van der Waals surface area contributed by atoms with Gasteiger partial charge in [-0.05, 0) is 24.9 Å². The van der Waals surface area contributed by atoms with Crippen LogP contribution in [0.15, 0.2) is 30.3 Å². The molecular weight excluding hydrogens is 312 g/mol. The first-order chi connectivity index (χ1) is 11.5. The number of rotatable bonds is 6. The Morgan fingerprint density at radius 1 is 1.12 bits per heavy atom. The van der Waals surface area contributed by atoms with Crippen LogP contribution in [0.25, 0.3) is 0 Å². The minimum absolute atomic E-state index is 0.402. The predicted octanol–water partition coefficient (Wildman–Crippen LogP) is -1.51. The quantitative estimate of drug-likeness (QED) is 0.431. The van der Waals surface area contributed by atoms with Gasteiger partial charge >= 0.3 is 0 Å². The largest absolute Gasteiger partial charge is 0.395 e. The lowest BCUT2D eigenvalue weighted by atomic mass is 9.87. The van der Waals surface area contributed by atoms with Gasteiger partial charge in [-0.3, -0.25) is 9.69 Å². The topological polar surface area (TPSA) is 113 Å². The van der Waals surface area contributed by atoms with Gasteiger partial charge in [-0.15, -0.1) is 0 Å². The fourth-order valence-corrected chi connectivity index (χ4v) is 3.30. The van der Waals surface area contributed by atoms with Gasteiger partial charge in [0.25, 0.3) is 0 Å². The number of likely N-dealkylation sites (N-methyl/N-ethyl adjacent to an activating group) is 1. The van der Waals surface area contributed by atoms with Crippen molar-refractivity contribution >= 4 is 5.91 Å². The molecule has 7 heteroatoms. The molecule has 5 N–H and O–H groups in total. The second-order valence-corrected chi connectivity index (χ2v) is 6.11. The summed E-state index contributed by atoms with van der Waals surface area (Å²) in [7, 11) is 1.45. The number of aliphatic hydroxyl groups is 4. The molecule has 1 heterocycles. The number of carbonyl (C=O) groups is 1. The van der Waals surface area contributed by atoms with E-state index in [0.29, 0.717) is 13.0 Å². The number of benzene rings is 1. The lowest BCUT2D eigenvalue weighted by molar-refractivity contribution is -0.178. The maximum Gasteiger partial charge on any atom is 0.239 e. The van der Waals surface area contributed by atoms with Crippen molar-refractivity contribution in [2.24, 2.45) is 0 Å². The smallest absolute Gasteiger partial charge is 0.239 e. The summed E-state index contributed by atoms with van der Waals surface area (Å²) in [6, 6.07) is 8.02. The molecule has 1 aromatic carbocycles. The van der Waals surface area contributed by atoms with Crippen molar-refractivity contribution in [3.8, 4) is 0 Å². The van der Waals surface area contributed by atoms with Crippen molar-refractivity contribution in [2.45, 2.75) is 43.2 Å². The molecule has 7 nitrogen and oxygen atoms in total. The highest BCUT2D eigenvalue weighted by molar-refractivity contribution is 5.82. The molecule has 134 valence electrons. The molecule has 0 radical (unpaired) electrons. The Hall–Kier alpha value is -1.51. The number of nitrogens with one attached hydrogen (secondary N) is 1. The molecule has 1 fully saturated rings. The summed E-state index contributed by atoms with van der Waals surface area (Å²) in [6.07, 6.45) is -2.76. The van der Waals surface area contributed by atoms with Gasteiger partial charge in [-0.25, -0.2) is 0 Å². The zero-order valence-corrected chi connectivity index (χ0v) is 13.7. The Bertz CT molecular complexity index is 527. The number of carbonyl (C=O) groups excluding carboxylic acids is 1. The zero-order chi connectivity index (χ0) is 17.7. The third-order valence-corrected chi connectivity index (χ3v) is 4.63. The van der Waals surface area contributed by atoms with Gasteiger partial charge < -0.3 is 25.7 Å². The highest BCUT2D eigenvalue weighted by Gasteiger charge is 2.49. The van der Waals surface area contributed by atoms with Gasteiger partial charge in [-0.2, -0.15) is 0 Å². The Balaban J connectivity index is 2.12. The molecule has 1 saturated heterocycles. The Labute approximate surface area is 141 Å². The van der Waals surface area contributed by atoms with Crippen LogP contribution in [-0.2, 0) is 11.2 Å². The lowest BCUT2D eigenvalue weighted by Gasteiger charge is -2.47. The van der Waals surface area contributed by atoms with Crippen LogP contribution in [0.2, 0.25) is 0 Å². The van der Waals surface area contributed by atoms with Gasteiger partial charge in [0.2, 0.25) is 5.91 Å². The average Bonchev–Trinajstić information content (AvgIpc) is 2.60. The van der Waals surface area contributed by atoms with Crippen LogP contribution in [0.3, 0.4) is 0 Å². The molecular formula is C17H26N2O5. The zero-order valence-electron chi connectivity index (χ0n) is 13.7. The SMILES string of the molecule is CNC(=O)C1C(O)C(O)C(O)C(CO)N1CCCc1ccccc1. The van der Waals surface area contributed by atoms with Crippen molar-refractivity contribution in [3.05, 3.63) is 35.9 Å². The minimum atomic E-state index is -1.48. The molecule has 2 rings (SSSR count). The number of likely N-dealkylation sites (tertiary alicyclic amines) is 1. The third-order valence-electron chi connectivity index (χ3n) is 4.63. The molecule has 5 atom stereocenters. The molecule has 0 aliphatic carbocycles. The van der Waals surface area contributed by atoms with Crippen LogP contribution in [0.1, 0.15) is 12.0 Å². The van der Waals surface area contributed by atoms with E-state index in [9.17, 15) is 25.2 Å². The molecule has 1 amide bonds. The molecule has 24 heavy (non-hydrogen) atoms. The standard InChI is InChI=1S/C17H26N2O5/c1-18-17(24)13-15(22)16(23)14(21)12(10-20)19(13)9-5-8-11-6-3-2-4-7-11/h2-4,6-7,12-16,20-23H,5,8-10H2,1H3,(H,18,24). The van der Waals surface area contributed by atoms with Crippen LogP contribution in [0, 0.1) is 0 Å². The molecule has 1 aliphatic heterocycles. The molecule has 0 bridgehead atoms. The van der Waals surface area contributed by atoms with Crippen molar-refractivity contribution in [3.63, 3.8) is 0 Å². The lowest BCUT2D eigenvalue weighted by Crippen LogP contribution is -2.70. The first-order valence-electron chi connectivity index (χ1n) is 8.17. The molecule has 1 aromatic rings. The monoisotopic (exact) mass is 338 g/mol. The minimum Gasteiger partial charge on any atom is -0.395 e. The van der Waals surface area contributed by atoms with E-state index in [4.69, 9.17) is 0 Å². The van der Waals surface area contributed by atoms with E-state index in [1.165, 1.54) is 7.05 Å². The van der Waals surface area contributed by atoms with E-state index in [-0.39, 0.29) is 0 Å². The second-order valence-electron chi connectivity index (χ2n) is 6.11. The predicted molar refractivity (Wildman–Crippen MR) is 88.2 cm³/mol. The first kappa shape index (κ1) is 18.8. The third kappa shape index (κ3) is 3.93. The van der Waals surface area contributed by atoms with Crippen molar-refractivity contribution < 1.29 is 25.2 Å². The van der Waals surface area contributed by atoms with E-state index in [2.05, 4.69) is 5.32 Å². The Morgan fingerprint density at radius 3 is 2.38 bits per heavy atom. The van der Waals surface area contributed by atoms with E-state index < -0.39 is 42.9 Å². The number of hydrogen-bond donors (Lipinski definition) is 5. The molecule has 0 saturated carbocycles. The summed E-state index contributed by atoms with van der Waals surface area (Å²) in [4.78, 5) is 13.7. The molecule has 1 aliphatic rings. The normalized spacial score (nSPS) is 31.0. The number of nitrogens with zero attached hydrogens (tertiary/aromatic N) is 1. The van der Waals surface area contributed by atoms with Crippen LogP contribution in [0.5, 0.6) is 0 Å². The number of aryl methyl sites for hydroxylation is 1. The molecule has 0 spiro atoms. The van der Waals surface area contributed by atoms with Gasteiger partial charge in [0.1, 0.15) is 24.4 Å².